The third-order valence-electron chi connectivity index (χ3n) is 5.88. The van der Waals surface area contributed by atoms with Crippen LogP contribution in [0.2, 0.25) is 0 Å². The van der Waals surface area contributed by atoms with Crippen LogP contribution in [-0.2, 0) is 0 Å². The van der Waals surface area contributed by atoms with Crippen LogP contribution in [0.3, 0.4) is 0 Å². The highest BCUT2D eigenvalue weighted by molar-refractivity contribution is 6.01. The second kappa shape index (κ2) is 8.71. The number of aromatic hydroxyl groups is 1. The normalized spacial score (nSPS) is 17.2. The highest BCUT2D eigenvalue weighted by Gasteiger charge is 2.22. The third-order valence-corrected chi connectivity index (χ3v) is 5.88. The Morgan fingerprint density at radius 1 is 1.17 bits per heavy atom. The molecule has 0 spiro atoms. The predicted molar refractivity (Wildman–Crippen MR) is 120 cm³/mol. The highest BCUT2D eigenvalue weighted by Crippen LogP contribution is 2.27. The van der Waals surface area contributed by atoms with Crippen molar-refractivity contribution < 1.29 is 9.84 Å². The molecule has 0 amide bonds. The average molecular weight is 405 g/mol. The summed E-state index contributed by atoms with van der Waals surface area (Å²) in [4.78, 5) is 20.2. The van der Waals surface area contributed by atoms with Crippen molar-refractivity contribution in [2.24, 2.45) is 4.99 Å². The molecule has 0 unspecified atom stereocenters. The highest BCUT2D eigenvalue weighted by atomic mass is 16.5. The van der Waals surface area contributed by atoms with Crippen LogP contribution in [0, 0.1) is 0 Å². The van der Waals surface area contributed by atoms with E-state index in [9.17, 15) is 9.90 Å². The monoisotopic (exact) mass is 405 g/mol. The smallest absolute Gasteiger partial charge is 0.265 e. The van der Waals surface area contributed by atoms with Gasteiger partial charge in [-0.25, -0.2) is 4.57 Å². The lowest BCUT2D eigenvalue weighted by Crippen LogP contribution is -2.31. The Labute approximate surface area is 176 Å². The van der Waals surface area contributed by atoms with E-state index in [-0.39, 0.29) is 11.4 Å². The number of pyridine rings is 1. The number of hydrogen-bond acceptors (Lipinski definition) is 5. The quantitative estimate of drug-likeness (QED) is 0.636. The molecule has 30 heavy (non-hydrogen) atoms. The Bertz CT molecular complexity index is 1120. The maximum absolute atomic E-state index is 13.1. The van der Waals surface area contributed by atoms with Crippen LogP contribution in [0.1, 0.15) is 25.3 Å². The van der Waals surface area contributed by atoms with Gasteiger partial charge < -0.3 is 9.84 Å². The van der Waals surface area contributed by atoms with Gasteiger partial charge in [-0.1, -0.05) is 25.1 Å². The van der Waals surface area contributed by atoms with Crippen molar-refractivity contribution in [2.75, 3.05) is 26.7 Å². The molecule has 2 heterocycles. The summed E-state index contributed by atoms with van der Waals surface area (Å²) >= 11 is 0. The van der Waals surface area contributed by atoms with E-state index in [1.54, 1.807) is 43.7 Å². The van der Waals surface area contributed by atoms with E-state index in [1.165, 1.54) is 11.0 Å². The molecule has 0 saturated carbocycles. The number of likely N-dealkylation sites (N-methyl/N-ethyl adjacent to an activating group) is 1. The largest absolute Gasteiger partial charge is 0.497 e. The summed E-state index contributed by atoms with van der Waals surface area (Å²) in [7, 11) is 1.59. The van der Waals surface area contributed by atoms with Crippen LogP contribution in [0.4, 0.5) is 0 Å². The van der Waals surface area contributed by atoms with Crippen molar-refractivity contribution in [1.29, 1.82) is 0 Å². The van der Waals surface area contributed by atoms with Gasteiger partial charge in [0.05, 0.1) is 24.9 Å². The van der Waals surface area contributed by atoms with E-state index >= 15 is 0 Å². The van der Waals surface area contributed by atoms with Crippen molar-refractivity contribution in [3.63, 3.8) is 0 Å². The third kappa shape index (κ3) is 3.71. The molecule has 3 aromatic rings. The Balaban J connectivity index is 1.78. The Hall–Kier alpha value is -3.12. The lowest BCUT2D eigenvalue weighted by molar-refractivity contribution is 0.273. The zero-order valence-corrected chi connectivity index (χ0v) is 17.4. The minimum absolute atomic E-state index is 0.105. The molecule has 156 valence electrons. The van der Waals surface area contributed by atoms with Gasteiger partial charge in [-0.3, -0.25) is 14.7 Å². The van der Waals surface area contributed by atoms with E-state index < -0.39 is 0 Å². The van der Waals surface area contributed by atoms with Gasteiger partial charge >= 0.3 is 0 Å². The maximum atomic E-state index is 13.1. The molecule has 1 aromatic heterocycles. The van der Waals surface area contributed by atoms with Gasteiger partial charge in [-0.2, -0.15) is 0 Å². The molecule has 6 nitrogen and oxygen atoms in total. The van der Waals surface area contributed by atoms with E-state index in [2.05, 4.69) is 16.8 Å². The average Bonchev–Trinajstić information content (AvgIpc) is 3.24. The molecule has 0 radical (unpaired) electrons. The molecule has 1 fully saturated rings. The molecule has 1 N–H and O–H groups in total. The van der Waals surface area contributed by atoms with E-state index in [0.717, 1.165) is 19.5 Å². The molecule has 1 atom stereocenters. The van der Waals surface area contributed by atoms with Crippen molar-refractivity contribution in [1.82, 2.24) is 9.47 Å². The number of aliphatic imine (C=N–C) groups is 1. The minimum Gasteiger partial charge on any atom is -0.497 e. The van der Waals surface area contributed by atoms with Crippen LogP contribution in [0.5, 0.6) is 11.6 Å². The summed E-state index contributed by atoms with van der Waals surface area (Å²) in [5.41, 5.74) is 0.868. The predicted octanol–water partition coefficient (Wildman–Crippen LogP) is 3.61. The molecule has 0 bridgehead atoms. The van der Waals surface area contributed by atoms with Gasteiger partial charge in [0.2, 0.25) is 5.88 Å². The molecule has 1 saturated heterocycles. The van der Waals surface area contributed by atoms with Crippen LogP contribution in [0.15, 0.2) is 58.3 Å². The Morgan fingerprint density at radius 3 is 2.60 bits per heavy atom. The maximum Gasteiger partial charge on any atom is 0.265 e. The fourth-order valence-electron chi connectivity index (χ4n) is 4.24. The summed E-state index contributed by atoms with van der Waals surface area (Å²) in [6.07, 6.45) is 4.05. The minimum atomic E-state index is -0.265. The van der Waals surface area contributed by atoms with E-state index in [1.807, 2.05) is 18.2 Å². The van der Waals surface area contributed by atoms with Gasteiger partial charge in [0, 0.05) is 23.0 Å². The lowest BCUT2D eigenvalue weighted by Gasteiger charge is -2.20. The van der Waals surface area contributed by atoms with Gasteiger partial charge in [-0.05, 0) is 56.3 Å². The SMILES string of the molecule is CCN1CCC[C@H]1CN=Cc1c(O)n(-c2ccc(OC)cc2)c(=O)c2ccccc12. The van der Waals surface area contributed by atoms with Gasteiger partial charge in [0.25, 0.3) is 5.56 Å². The van der Waals surface area contributed by atoms with Crippen molar-refractivity contribution in [3.05, 3.63) is 64.4 Å². The Morgan fingerprint density at radius 2 is 1.90 bits per heavy atom. The first-order valence-electron chi connectivity index (χ1n) is 10.4. The molecule has 6 heteroatoms. The number of methoxy groups -OCH3 is 1. The van der Waals surface area contributed by atoms with E-state index in [0.29, 0.717) is 40.4 Å². The fraction of sp³-hybridized carbons (Fsp3) is 0.333. The number of aromatic nitrogens is 1. The van der Waals surface area contributed by atoms with Crippen LogP contribution in [-0.4, -0.2) is 53.6 Å². The molecule has 2 aromatic carbocycles. The second-order valence-corrected chi connectivity index (χ2v) is 7.54. The van der Waals surface area contributed by atoms with Gasteiger partial charge in [-0.15, -0.1) is 0 Å². The number of nitrogens with zero attached hydrogens (tertiary/aromatic N) is 3. The number of likely N-dealkylation sites (tertiary alicyclic amines) is 1. The second-order valence-electron chi connectivity index (χ2n) is 7.54. The van der Waals surface area contributed by atoms with Crippen LogP contribution in [0.25, 0.3) is 16.5 Å². The van der Waals surface area contributed by atoms with Crippen LogP contribution >= 0.6 is 0 Å². The standard InChI is InChI=1S/C24H27N3O3/c1-3-26-14-6-7-18(26)15-25-16-22-20-8-4-5-9-21(20)23(28)27(24(22)29)17-10-12-19(30-2)13-11-17/h4-5,8-13,16,18,29H,3,6-7,14-15H2,1-2H3/t18-/m0/s1. The summed E-state index contributed by atoms with van der Waals surface area (Å²) in [5.74, 6) is 0.581. The van der Waals surface area contributed by atoms with Crippen molar-refractivity contribution in [3.8, 4) is 17.3 Å². The molecule has 4 rings (SSSR count). The fourth-order valence-corrected chi connectivity index (χ4v) is 4.24. The van der Waals surface area contributed by atoms with Gasteiger partial charge in [0.1, 0.15) is 5.75 Å². The van der Waals surface area contributed by atoms with E-state index in [4.69, 9.17) is 4.74 Å². The van der Waals surface area contributed by atoms with Gasteiger partial charge in [0.15, 0.2) is 0 Å². The zero-order valence-electron chi connectivity index (χ0n) is 17.4. The van der Waals surface area contributed by atoms with Crippen molar-refractivity contribution >= 4 is 17.0 Å². The first-order valence-corrected chi connectivity index (χ1v) is 10.4. The summed E-state index contributed by atoms with van der Waals surface area (Å²) in [6.45, 7) is 5.00. The molecular formula is C24H27N3O3. The molecule has 0 aliphatic carbocycles. The van der Waals surface area contributed by atoms with Crippen molar-refractivity contribution in [2.45, 2.75) is 25.8 Å². The topological polar surface area (TPSA) is 67.1 Å². The zero-order chi connectivity index (χ0) is 21.1. The first-order chi connectivity index (χ1) is 14.6. The molecule has 1 aliphatic heterocycles. The molecular weight excluding hydrogens is 378 g/mol. The summed E-state index contributed by atoms with van der Waals surface area (Å²) in [5, 5.41) is 12.3. The summed E-state index contributed by atoms with van der Waals surface area (Å²) < 4.78 is 6.53. The van der Waals surface area contributed by atoms with Crippen LogP contribution < -0.4 is 10.3 Å². The number of benzene rings is 2. The summed E-state index contributed by atoms with van der Waals surface area (Å²) in [6, 6.07) is 14.8. The number of rotatable bonds is 6. The number of hydrogen-bond donors (Lipinski definition) is 1. The lowest BCUT2D eigenvalue weighted by atomic mass is 10.1. The number of ether oxygens (including phenoxy) is 1. The Kier molecular flexibility index (Phi) is 5.86. The number of fused-ring (bicyclic) bond motifs is 1. The first kappa shape index (κ1) is 20.2. The molecule has 1 aliphatic rings.